The Hall–Kier alpha value is -1.62. The molecule has 0 spiro atoms. The lowest BCUT2D eigenvalue weighted by Crippen LogP contribution is -2.07. The zero-order valence-electron chi connectivity index (χ0n) is 10.2. The van der Waals surface area contributed by atoms with E-state index < -0.39 is 11.8 Å². The first-order chi connectivity index (χ1) is 8.65. The molecule has 1 aromatic rings. The quantitative estimate of drug-likeness (QED) is 0.444. The van der Waals surface area contributed by atoms with E-state index in [9.17, 15) is 9.18 Å². The molecule has 5 heteroatoms. The van der Waals surface area contributed by atoms with Gasteiger partial charge in [0.15, 0.2) is 0 Å². The van der Waals surface area contributed by atoms with Crippen LogP contribution in [0.5, 0.6) is 0 Å². The van der Waals surface area contributed by atoms with Gasteiger partial charge in [0.25, 0.3) is 0 Å². The monoisotopic (exact) mass is 255 g/mol. The molecule has 0 fully saturated rings. The zero-order valence-corrected chi connectivity index (χ0v) is 10.2. The molecule has 0 amide bonds. The summed E-state index contributed by atoms with van der Waals surface area (Å²) in [5.41, 5.74) is 5.48. The maximum absolute atomic E-state index is 13.1. The van der Waals surface area contributed by atoms with Gasteiger partial charge in [-0.25, -0.2) is 9.18 Å². The van der Waals surface area contributed by atoms with Crippen LogP contribution in [0.2, 0.25) is 0 Å². The van der Waals surface area contributed by atoms with E-state index in [1.165, 1.54) is 12.1 Å². The van der Waals surface area contributed by atoms with Gasteiger partial charge >= 0.3 is 5.97 Å². The summed E-state index contributed by atoms with van der Waals surface area (Å²) >= 11 is 0. The number of halogens is 1. The number of esters is 1. The molecule has 1 aromatic carbocycles. The number of nitrogen functional groups attached to an aromatic ring is 1. The van der Waals surface area contributed by atoms with Crippen molar-refractivity contribution < 1.29 is 19.0 Å². The van der Waals surface area contributed by atoms with Crippen molar-refractivity contribution in [2.45, 2.75) is 25.7 Å². The number of nitrogens with two attached hydrogens (primary N) is 1. The molecule has 100 valence electrons. The van der Waals surface area contributed by atoms with Crippen LogP contribution in [0.25, 0.3) is 0 Å². The summed E-state index contributed by atoms with van der Waals surface area (Å²) in [6, 6.07) is 3.85. The summed E-state index contributed by atoms with van der Waals surface area (Å²) in [5.74, 6) is -1.16. The molecule has 4 nitrogen and oxygen atoms in total. The first-order valence-electron chi connectivity index (χ1n) is 5.98. The number of aliphatic hydroxyl groups is 1. The van der Waals surface area contributed by atoms with Crippen molar-refractivity contribution in [3.05, 3.63) is 29.6 Å². The van der Waals surface area contributed by atoms with Gasteiger partial charge in [-0.15, -0.1) is 0 Å². The number of rotatable bonds is 7. The van der Waals surface area contributed by atoms with Crippen molar-refractivity contribution in [3.63, 3.8) is 0 Å². The third-order valence-electron chi connectivity index (χ3n) is 2.52. The van der Waals surface area contributed by atoms with E-state index in [4.69, 9.17) is 15.6 Å². The van der Waals surface area contributed by atoms with E-state index in [0.717, 1.165) is 31.7 Å². The van der Waals surface area contributed by atoms with Gasteiger partial charge in [-0.1, -0.05) is 6.42 Å². The van der Waals surface area contributed by atoms with E-state index in [-0.39, 0.29) is 17.9 Å². The molecule has 0 saturated heterocycles. The molecule has 18 heavy (non-hydrogen) atoms. The van der Waals surface area contributed by atoms with Crippen LogP contribution in [-0.2, 0) is 4.74 Å². The SMILES string of the molecule is Nc1ccc(C(=O)OCCCCCCO)cc1F. The van der Waals surface area contributed by atoms with Gasteiger partial charge in [0.1, 0.15) is 5.82 Å². The fourth-order valence-electron chi connectivity index (χ4n) is 1.47. The van der Waals surface area contributed by atoms with Gasteiger partial charge in [-0.05, 0) is 37.5 Å². The van der Waals surface area contributed by atoms with Gasteiger partial charge in [-0.2, -0.15) is 0 Å². The maximum atomic E-state index is 13.1. The largest absolute Gasteiger partial charge is 0.462 e. The molecular formula is C13H18FNO3. The van der Waals surface area contributed by atoms with E-state index in [1.807, 2.05) is 0 Å². The highest BCUT2D eigenvalue weighted by atomic mass is 19.1. The number of benzene rings is 1. The number of aliphatic hydroxyl groups excluding tert-OH is 1. The van der Waals surface area contributed by atoms with E-state index >= 15 is 0 Å². The summed E-state index contributed by atoms with van der Waals surface area (Å²) < 4.78 is 18.1. The van der Waals surface area contributed by atoms with Gasteiger partial charge in [-0.3, -0.25) is 0 Å². The standard InChI is InChI=1S/C13H18FNO3/c14-11-9-10(5-6-12(11)15)13(17)18-8-4-2-1-3-7-16/h5-6,9,16H,1-4,7-8,15H2. The Morgan fingerprint density at radius 2 is 2.00 bits per heavy atom. The van der Waals surface area contributed by atoms with Crippen LogP contribution in [0.1, 0.15) is 36.0 Å². The lowest BCUT2D eigenvalue weighted by molar-refractivity contribution is 0.0496. The third-order valence-corrected chi connectivity index (χ3v) is 2.52. The van der Waals surface area contributed by atoms with Crippen molar-refractivity contribution in [1.29, 1.82) is 0 Å². The first-order valence-corrected chi connectivity index (χ1v) is 5.98. The molecule has 0 heterocycles. The van der Waals surface area contributed by atoms with E-state index in [1.54, 1.807) is 0 Å². The summed E-state index contributed by atoms with van der Waals surface area (Å²) in [4.78, 5) is 11.5. The Kier molecular flexibility index (Phi) is 6.14. The topological polar surface area (TPSA) is 72.6 Å². The van der Waals surface area contributed by atoms with Crippen LogP contribution in [0, 0.1) is 5.82 Å². The summed E-state index contributed by atoms with van der Waals surface area (Å²) in [7, 11) is 0. The fraction of sp³-hybridized carbons (Fsp3) is 0.462. The molecular weight excluding hydrogens is 237 g/mol. The van der Waals surface area contributed by atoms with Crippen molar-refractivity contribution in [2.75, 3.05) is 18.9 Å². The highest BCUT2D eigenvalue weighted by molar-refractivity contribution is 5.89. The maximum Gasteiger partial charge on any atom is 0.338 e. The van der Waals surface area contributed by atoms with Crippen molar-refractivity contribution in [2.24, 2.45) is 0 Å². The molecule has 0 aliphatic rings. The van der Waals surface area contributed by atoms with Crippen LogP contribution >= 0.6 is 0 Å². The number of carbonyl (C=O) groups excluding carboxylic acids is 1. The lowest BCUT2D eigenvalue weighted by atomic mass is 10.2. The molecule has 0 unspecified atom stereocenters. The van der Waals surface area contributed by atoms with Crippen molar-refractivity contribution in [1.82, 2.24) is 0 Å². The van der Waals surface area contributed by atoms with Crippen LogP contribution in [0.4, 0.5) is 10.1 Å². The van der Waals surface area contributed by atoms with Gasteiger partial charge in [0.05, 0.1) is 17.9 Å². The lowest BCUT2D eigenvalue weighted by Gasteiger charge is -2.05. The average Bonchev–Trinajstić information content (AvgIpc) is 2.36. The highest BCUT2D eigenvalue weighted by Gasteiger charge is 2.09. The van der Waals surface area contributed by atoms with Gasteiger partial charge in [0, 0.05) is 6.61 Å². The van der Waals surface area contributed by atoms with Gasteiger partial charge < -0.3 is 15.6 Å². The van der Waals surface area contributed by atoms with Crippen molar-refractivity contribution >= 4 is 11.7 Å². The number of anilines is 1. The average molecular weight is 255 g/mol. The van der Waals surface area contributed by atoms with Crippen molar-refractivity contribution in [3.8, 4) is 0 Å². The van der Waals surface area contributed by atoms with E-state index in [0.29, 0.717) is 6.61 Å². The second-order valence-corrected chi connectivity index (χ2v) is 4.01. The Morgan fingerprint density at radius 1 is 1.28 bits per heavy atom. The summed E-state index contributed by atoms with van der Waals surface area (Å²) in [5, 5.41) is 8.58. The molecule has 1 rings (SSSR count). The minimum Gasteiger partial charge on any atom is -0.462 e. The molecule has 0 aliphatic heterocycles. The predicted octanol–water partition coefficient (Wildman–Crippen LogP) is 2.12. The number of unbranched alkanes of at least 4 members (excludes halogenated alkanes) is 3. The Balaban J connectivity index is 2.30. The molecule has 0 saturated carbocycles. The molecule has 0 radical (unpaired) electrons. The highest BCUT2D eigenvalue weighted by Crippen LogP contribution is 2.13. The Morgan fingerprint density at radius 3 is 2.67 bits per heavy atom. The third kappa shape index (κ3) is 4.71. The smallest absolute Gasteiger partial charge is 0.338 e. The first kappa shape index (κ1) is 14.4. The Labute approximate surface area is 106 Å². The van der Waals surface area contributed by atoms with Gasteiger partial charge in [0.2, 0.25) is 0 Å². The number of hydrogen-bond donors (Lipinski definition) is 2. The molecule has 0 atom stereocenters. The summed E-state index contributed by atoms with van der Waals surface area (Å²) in [6.45, 7) is 0.487. The molecule has 3 N–H and O–H groups in total. The number of hydrogen-bond acceptors (Lipinski definition) is 4. The van der Waals surface area contributed by atoms with E-state index in [2.05, 4.69) is 0 Å². The van der Waals surface area contributed by atoms with Crippen LogP contribution < -0.4 is 5.73 Å². The minimum atomic E-state index is -0.618. The molecule has 0 aromatic heterocycles. The Bertz CT molecular complexity index is 396. The minimum absolute atomic E-state index is 0.00977. The zero-order chi connectivity index (χ0) is 13.4. The molecule has 0 aliphatic carbocycles. The number of ether oxygens (including phenoxy) is 1. The predicted molar refractivity (Wildman–Crippen MR) is 66.6 cm³/mol. The van der Waals surface area contributed by atoms with Crippen LogP contribution in [0.15, 0.2) is 18.2 Å². The second kappa shape index (κ2) is 7.66. The molecule has 0 bridgehead atoms. The second-order valence-electron chi connectivity index (χ2n) is 4.01. The fourth-order valence-corrected chi connectivity index (χ4v) is 1.47. The summed E-state index contributed by atoms with van der Waals surface area (Å²) in [6.07, 6.45) is 3.30. The van der Waals surface area contributed by atoms with Crippen LogP contribution in [0.3, 0.4) is 0 Å². The number of carbonyl (C=O) groups is 1. The van der Waals surface area contributed by atoms with Crippen LogP contribution in [-0.4, -0.2) is 24.3 Å². The normalized spacial score (nSPS) is 10.3.